The van der Waals surface area contributed by atoms with E-state index in [1.807, 2.05) is 12.1 Å². The third-order valence-electron chi connectivity index (χ3n) is 3.94. The molecule has 0 spiro atoms. The van der Waals surface area contributed by atoms with Crippen molar-refractivity contribution >= 4 is 23.2 Å². The van der Waals surface area contributed by atoms with Gasteiger partial charge in [-0.25, -0.2) is 0 Å². The fraction of sp³-hybridized carbons (Fsp3) is 0.647. The number of hydrogen-bond acceptors (Lipinski definition) is 2. The van der Waals surface area contributed by atoms with Gasteiger partial charge in [0.15, 0.2) is 0 Å². The van der Waals surface area contributed by atoms with Crippen molar-refractivity contribution in [2.24, 2.45) is 5.92 Å². The number of benzene rings is 1. The molecule has 118 valence electrons. The summed E-state index contributed by atoms with van der Waals surface area (Å²) < 4.78 is 6.03. The molecular weight excluding hydrogens is 305 g/mol. The van der Waals surface area contributed by atoms with Gasteiger partial charge in [0.25, 0.3) is 0 Å². The Bertz CT molecular complexity index is 448. The minimum Gasteiger partial charge on any atom is -0.377 e. The average molecular weight is 330 g/mol. The summed E-state index contributed by atoms with van der Waals surface area (Å²) in [5.74, 6) is 0.710. The van der Waals surface area contributed by atoms with Gasteiger partial charge in [0.05, 0.1) is 16.1 Å². The number of rotatable bonds is 9. The zero-order valence-corrected chi connectivity index (χ0v) is 14.4. The Morgan fingerprint density at radius 2 is 2.00 bits per heavy atom. The van der Waals surface area contributed by atoms with Crippen LogP contribution in [0.2, 0.25) is 10.0 Å². The minimum absolute atomic E-state index is 0.302. The maximum absolute atomic E-state index is 6.13. The Hall–Kier alpha value is -0.280. The van der Waals surface area contributed by atoms with Gasteiger partial charge in [-0.05, 0) is 62.8 Å². The lowest BCUT2D eigenvalue weighted by molar-refractivity contribution is 0.0192. The van der Waals surface area contributed by atoms with Gasteiger partial charge in [-0.1, -0.05) is 36.2 Å². The first-order valence-corrected chi connectivity index (χ1v) is 8.70. The predicted molar refractivity (Wildman–Crippen MR) is 90.4 cm³/mol. The largest absolute Gasteiger partial charge is 0.377 e. The second-order valence-electron chi connectivity index (χ2n) is 5.77. The monoisotopic (exact) mass is 329 g/mol. The van der Waals surface area contributed by atoms with Crippen LogP contribution < -0.4 is 5.32 Å². The molecule has 4 heteroatoms. The molecule has 0 aromatic heterocycles. The van der Waals surface area contributed by atoms with Gasteiger partial charge in [0.2, 0.25) is 0 Å². The van der Waals surface area contributed by atoms with Crippen molar-refractivity contribution in [2.75, 3.05) is 13.2 Å². The predicted octanol–water partition coefficient (Wildman–Crippen LogP) is 4.72. The van der Waals surface area contributed by atoms with Crippen molar-refractivity contribution in [3.63, 3.8) is 0 Å². The molecule has 0 bridgehead atoms. The van der Waals surface area contributed by atoms with E-state index in [-0.39, 0.29) is 0 Å². The molecule has 1 fully saturated rings. The smallest absolute Gasteiger partial charge is 0.0759 e. The maximum atomic E-state index is 6.13. The first-order chi connectivity index (χ1) is 10.2. The van der Waals surface area contributed by atoms with Crippen molar-refractivity contribution in [2.45, 2.75) is 51.7 Å². The highest BCUT2D eigenvalue weighted by molar-refractivity contribution is 6.42. The SMILES string of the molecule is CCCNC(Cc1ccc(Cl)c(Cl)c1)C(OCC)C1CC1. The summed E-state index contributed by atoms with van der Waals surface area (Å²) in [5, 5.41) is 4.90. The van der Waals surface area contributed by atoms with Crippen molar-refractivity contribution in [1.82, 2.24) is 5.32 Å². The molecule has 21 heavy (non-hydrogen) atoms. The Morgan fingerprint density at radius 1 is 1.24 bits per heavy atom. The van der Waals surface area contributed by atoms with Crippen molar-refractivity contribution in [1.29, 1.82) is 0 Å². The zero-order valence-electron chi connectivity index (χ0n) is 12.9. The number of nitrogens with one attached hydrogen (secondary N) is 1. The van der Waals surface area contributed by atoms with Crippen LogP contribution in [0.1, 0.15) is 38.7 Å². The summed E-state index contributed by atoms with van der Waals surface area (Å²) in [6, 6.07) is 6.25. The van der Waals surface area contributed by atoms with Crippen LogP contribution in [0.5, 0.6) is 0 Å². The van der Waals surface area contributed by atoms with Gasteiger partial charge >= 0.3 is 0 Å². The van der Waals surface area contributed by atoms with Crippen molar-refractivity contribution in [3.05, 3.63) is 33.8 Å². The first kappa shape index (κ1) is 17.1. The standard InChI is InChI=1S/C17H25Cl2NO/c1-3-9-20-16(17(21-4-2)13-6-7-13)11-12-5-8-14(18)15(19)10-12/h5,8,10,13,16-17,20H,3-4,6-7,9,11H2,1-2H3. The normalized spacial score (nSPS) is 17.7. The Labute approximate surface area is 138 Å². The van der Waals surface area contributed by atoms with Crippen LogP contribution >= 0.6 is 23.2 Å². The Balaban J connectivity index is 2.08. The third-order valence-corrected chi connectivity index (χ3v) is 4.68. The molecule has 2 unspecified atom stereocenters. The fourth-order valence-electron chi connectivity index (χ4n) is 2.75. The summed E-state index contributed by atoms with van der Waals surface area (Å²) >= 11 is 12.1. The molecule has 1 N–H and O–H groups in total. The van der Waals surface area contributed by atoms with Gasteiger partial charge in [-0.3, -0.25) is 0 Å². The molecule has 0 radical (unpaired) electrons. The van der Waals surface area contributed by atoms with Crippen LogP contribution in [0.3, 0.4) is 0 Å². The first-order valence-electron chi connectivity index (χ1n) is 7.94. The minimum atomic E-state index is 0.302. The molecule has 0 aliphatic heterocycles. The van der Waals surface area contributed by atoms with Crippen LogP contribution in [-0.2, 0) is 11.2 Å². The molecule has 1 aliphatic rings. The highest BCUT2D eigenvalue weighted by atomic mass is 35.5. The van der Waals surface area contributed by atoms with E-state index in [9.17, 15) is 0 Å². The van der Waals surface area contributed by atoms with Crippen molar-refractivity contribution in [3.8, 4) is 0 Å². The molecule has 0 amide bonds. The summed E-state index contributed by atoms with van der Waals surface area (Å²) in [6.45, 7) is 6.05. The fourth-order valence-corrected chi connectivity index (χ4v) is 3.07. The summed E-state index contributed by atoms with van der Waals surface area (Å²) in [6.07, 6.45) is 4.93. The second-order valence-corrected chi connectivity index (χ2v) is 6.58. The van der Waals surface area contributed by atoms with E-state index in [1.165, 1.54) is 18.4 Å². The summed E-state index contributed by atoms with van der Waals surface area (Å²) in [5.41, 5.74) is 1.21. The number of halogens is 2. The Morgan fingerprint density at radius 3 is 2.57 bits per heavy atom. The van der Waals surface area contributed by atoms with E-state index in [0.717, 1.165) is 26.0 Å². The van der Waals surface area contributed by atoms with Crippen LogP contribution in [0, 0.1) is 5.92 Å². The highest BCUT2D eigenvalue weighted by Gasteiger charge is 2.37. The quantitative estimate of drug-likeness (QED) is 0.707. The highest BCUT2D eigenvalue weighted by Crippen LogP contribution is 2.36. The third kappa shape index (κ3) is 5.14. The molecule has 0 saturated heterocycles. The topological polar surface area (TPSA) is 21.3 Å². The van der Waals surface area contributed by atoms with Gasteiger partial charge in [0.1, 0.15) is 0 Å². The van der Waals surface area contributed by atoms with Gasteiger partial charge in [-0.2, -0.15) is 0 Å². The Kier molecular flexibility index (Phi) is 6.81. The van der Waals surface area contributed by atoms with Gasteiger partial charge in [0, 0.05) is 12.6 Å². The van der Waals surface area contributed by atoms with Gasteiger partial charge < -0.3 is 10.1 Å². The summed E-state index contributed by atoms with van der Waals surface area (Å²) in [7, 11) is 0. The molecule has 2 rings (SSSR count). The lowest BCUT2D eigenvalue weighted by Gasteiger charge is -2.28. The molecular formula is C17H25Cl2NO. The lowest BCUT2D eigenvalue weighted by Crippen LogP contribution is -2.44. The van der Waals surface area contributed by atoms with E-state index < -0.39 is 0 Å². The van der Waals surface area contributed by atoms with E-state index >= 15 is 0 Å². The number of ether oxygens (including phenoxy) is 1. The maximum Gasteiger partial charge on any atom is 0.0759 e. The van der Waals surface area contributed by atoms with Crippen LogP contribution in [0.4, 0.5) is 0 Å². The molecule has 2 atom stereocenters. The number of hydrogen-bond donors (Lipinski definition) is 1. The lowest BCUT2D eigenvalue weighted by atomic mass is 9.98. The van der Waals surface area contributed by atoms with E-state index in [2.05, 4.69) is 25.2 Å². The second kappa shape index (κ2) is 8.38. The van der Waals surface area contributed by atoms with Crippen molar-refractivity contribution < 1.29 is 4.74 Å². The van der Waals surface area contributed by atoms with Crippen LogP contribution in [0.15, 0.2) is 18.2 Å². The zero-order chi connectivity index (χ0) is 15.2. The van der Waals surface area contributed by atoms with Gasteiger partial charge in [-0.15, -0.1) is 0 Å². The van der Waals surface area contributed by atoms with Crippen LogP contribution in [0.25, 0.3) is 0 Å². The summed E-state index contributed by atoms with van der Waals surface area (Å²) in [4.78, 5) is 0. The van der Waals surface area contributed by atoms with E-state index in [4.69, 9.17) is 27.9 Å². The molecule has 2 nitrogen and oxygen atoms in total. The molecule has 0 heterocycles. The molecule has 1 aliphatic carbocycles. The van der Waals surface area contributed by atoms with E-state index in [0.29, 0.717) is 28.1 Å². The molecule has 1 saturated carbocycles. The molecule has 1 aromatic rings. The average Bonchev–Trinajstić information content (AvgIpc) is 3.29. The molecule has 1 aromatic carbocycles. The van der Waals surface area contributed by atoms with E-state index in [1.54, 1.807) is 0 Å². The van der Waals surface area contributed by atoms with Crippen LogP contribution in [-0.4, -0.2) is 25.3 Å².